The molecule has 10 heteroatoms. The molecule has 41 heavy (non-hydrogen) atoms. The highest BCUT2D eigenvalue weighted by Crippen LogP contribution is 2.29. The molecule has 0 aliphatic carbocycles. The molecule has 4 aromatic rings. The van der Waals surface area contributed by atoms with Gasteiger partial charge < -0.3 is 24.8 Å². The molecule has 7 nitrogen and oxygen atoms in total. The third-order valence-electron chi connectivity index (χ3n) is 6.80. The van der Waals surface area contributed by atoms with E-state index >= 15 is 0 Å². The van der Waals surface area contributed by atoms with Gasteiger partial charge in [-0.1, -0.05) is 60.7 Å². The van der Waals surface area contributed by atoms with Gasteiger partial charge in [-0.05, 0) is 41.3 Å². The first-order valence-corrected chi connectivity index (χ1v) is 13.3. The summed E-state index contributed by atoms with van der Waals surface area (Å²) < 4.78 is 44.4. The number of fused-ring (bicyclic) bond motifs is 1. The Bertz CT molecular complexity index is 1420. The van der Waals surface area contributed by atoms with Crippen LogP contribution in [0.3, 0.4) is 0 Å². The van der Waals surface area contributed by atoms with E-state index in [4.69, 9.17) is 4.74 Å². The zero-order valence-corrected chi connectivity index (χ0v) is 22.8. The minimum Gasteiger partial charge on any atom is -0.383 e. The van der Waals surface area contributed by atoms with Crippen molar-refractivity contribution in [3.63, 3.8) is 0 Å². The summed E-state index contributed by atoms with van der Waals surface area (Å²) in [6.07, 6.45) is -2.03. The summed E-state index contributed by atoms with van der Waals surface area (Å²) in [4.78, 5) is 32.9. The Morgan fingerprint density at radius 1 is 0.878 bits per heavy atom. The summed E-state index contributed by atoms with van der Waals surface area (Å²) >= 11 is 0. The monoisotopic (exact) mass is 566 g/mol. The number of urea groups is 1. The maximum Gasteiger partial charge on any atom is 0.416 e. The molecule has 0 saturated carbocycles. The molecular formula is C31H33F3N4O3. The van der Waals surface area contributed by atoms with E-state index in [0.29, 0.717) is 25.1 Å². The Labute approximate surface area is 236 Å². The Morgan fingerprint density at radius 3 is 2.29 bits per heavy atom. The lowest BCUT2D eigenvalue weighted by Gasteiger charge is -2.28. The number of amides is 3. The molecule has 4 rings (SSSR count). The lowest BCUT2D eigenvalue weighted by molar-refractivity contribution is -0.137. The first kappa shape index (κ1) is 29.7. The highest BCUT2D eigenvalue weighted by atomic mass is 19.4. The number of hydrogen-bond donors (Lipinski definition) is 2. The summed E-state index contributed by atoms with van der Waals surface area (Å²) in [5.41, 5.74) is 2.72. The van der Waals surface area contributed by atoms with Gasteiger partial charge >= 0.3 is 12.2 Å². The van der Waals surface area contributed by atoms with Crippen molar-refractivity contribution >= 4 is 22.8 Å². The van der Waals surface area contributed by atoms with Crippen LogP contribution in [0.15, 0.2) is 85.1 Å². The average Bonchev–Trinajstić information content (AvgIpc) is 3.39. The minimum atomic E-state index is -4.45. The molecule has 0 saturated heterocycles. The largest absolute Gasteiger partial charge is 0.416 e. The SMILES string of the molecule is COCCN(CC(=O)N(CCc1c[nH]c2ccccc12)Cc1ccc(C(F)(F)F)cc1)C(=O)NCc1ccccc1. The van der Waals surface area contributed by atoms with Crippen LogP contribution in [0.5, 0.6) is 0 Å². The van der Waals surface area contributed by atoms with Crippen molar-refractivity contribution in [2.24, 2.45) is 0 Å². The van der Waals surface area contributed by atoms with Gasteiger partial charge in [0.15, 0.2) is 0 Å². The molecule has 3 aromatic carbocycles. The third kappa shape index (κ3) is 8.34. The van der Waals surface area contributed by atoms with E-state index in [1.54, 1.807) is 4.90 Å². The second-order valence-corrected chi connectivity index (χ2v) is 9.68. The number of alkyl halides is 3. The van der Waals surface area contributed by atoms with E-state index < -0.39 is 17.8 Å². The quantitative estimate of drug-likeness (QED) is 0.234. The average molecular weight is 567 g/mol. The highest BCUT2D eigenvalue weighted by Gasteiger charge is 2.30. The first-order valence-electron chi connectivity index (χ1n) is 13.3. The maximum atomic E-state index is 13.6. The molecule has 2 N–H and O–H groups in total. The van der Waals surface area contributed by atoms with E-state index in [-0.39, 0.29) is 32.1 Å². The number of aromatic amines is 1. The number of carbonyl (C=O) groups is 2. The van der Waals surface area contributed by atoms with Crippen LogP contribution in [-0.4, -0.2) is 60.1 Å². The number of aromatic nitrogens is 1. The van der Waals surface area contributed by atoms with Crippen LogP contribution >= 0.6 is 0 Å². The molecule has 0 spiro atoms. The lowest BCUT2D eigenvalue weighted by Crippen LogP contribution is -2.48. The minimum absolute atomic E-state index is 0.100. The van der Waals surface area contributed by atoms with Gasteiger partial charge in [-0.2, -0.15) is 13.2 Å². The molecule has 3 amide bonds. The van der Waals surface area contributed by atoms with Gasteiger partial charge in [0.05, 0.1) is 12.2 Å². The van der Waals surface area contributed by atoms with Gasteiger partial charge in [-0.3, -0.25) is 4.79 Å². The van der Waals surface area contributed by atoms with Crippen LogP contribution < -0.4 is 5.32 Å². The number of rotatable bonds is 12. The second-order valence-electron chi connectivity index (χ2n) is 9.68. The van der Waals surface area contributed by atoms with Crippen LogP contribution in [0.1, 0.15) is 22.3 Å². The van der Waals surface area contributed by atoms with Gasteiger partial charge in [0.25, 0.3) is 0 Å². The van der Waals surface area contributed by atoms with Crippen molar-refractivity contribution in [1.82, 2.24) is 20.1 Å². The van der Waals surface area contributed by atoms with Gasteiger partial charge in [0.1, 0.15) is 6.54 Å². The molecule has 1 aromatic heterocycles. The van der Waals surface area contributed by atoms with E-state index in [9.17, 15) is 22.8 Å². The highest BCUT2D eigenvalue weighted by molar-refractivity contribution is 5.85. The summed E-state index contributed by atoms with van der Waals surface area (Å²) in [6, 6.07) is 21.6. The Kier molecular flexibility index (Phi) is 10.0. The fraction of sp³-hybridized carbons (Fsp3) is 0.290. The normalized spacial score (nSPS) is 11.4. The fourth-order valence-electron chi connectivity index (χ4n) is 4.51. The predicted octanol–water partition coefficient (Wildman–Crippen LogP) is 5.62. The zero-order valence-electron chi connectivity index (χ0n) is 22.8. The van der Waals surface area contributed by atoms with Crippen LogP contribution in [0.4, 0.5) is 18.0 Å². The number of hydrogen-bond acceptors (Lipinski definition) is 3. The molecule has 0 bridgehead atoms. The zero-order chi connectivity index (χ0) is 29.2. The van der Waals surface area contributed by atoms with E-state index in [0.717, 1.165) is 34.2 Å². The second kappa shape index (κ2) is 13.8. The number of ether oxygens (including phenoxy) is 1. The molecule has 216 valence electrons. The van der Waals surface area contributed by atoms with Crippen molar-refractivity contribution < 1.29 is 27.5 Å². The molecule has 0 aliphatic rings. The Morgan fingerprint density at radius 2 is 1.59 bits per heavy atom. The van der Waals surface area contributed by atoms with Crippen molar-refractivity contribution in [2.45, 2.75) is 25.7 Å². The number of methoxy groups -OCH3 is 1. The van der Waals surface area contributed by atoms with Crippen LogP contribution in [0.2, 0.25) is 0 Å². The van der Waals surface area contributed by atoms with E-state index in [2.05, 4.69) is 10.3 Å². The molecule has 0 unspecified atom stereocenters. The van der Waals surface area contributed by atoms with Crippen molar-refractivity contribution in [3.8, 4) is 0 Å². The van der Waals surface area contributed by atoms with E-state index in [1.807, 2.05) is 60.8 Å². The fourth-order valence-corrected chi connectivity index (χ4v) is 4.51. The molecule has 0 aliphatic heterocycles. The van der Waals surface area contributed by atoms with E-state index in [1.165, 1.54) is 24.1 Å². The molecule has 1 heterocycles. The van der Waals surface area contributed by atoms with Crippen LogP contribution in [-0.2, 0) is 35.2 Å². The molecule has 0 fully saturated rings. The molecule has 0 radical (unpaired) electrons. The van der Waals surface area contributed by atoms with Crippen LogP contribution in [0.25, 0.3) is 10.9 Å². The number of halogens is 3. The van der Waals surface area contributed by atoms with Gasteiger partial charge in [0.2, 0.25) is 5.91 Å². The third-order valence-corrected chi connectivity index (χ3v) is 6.80. The van der Waals surface area contributed by atoms with Gasteiger partial charge in [-0.15, -0.1) is 0 Å². The summed E-state index contributed by atoms with van der Waals surface area (Å²) in [5, 5.41) is 3.89. The van der Waals surface area contributed by atoms with Crippen LogP contribution in [0, 0.1) is 0 Å². The first-order chi connectivity index (χ1) is 19.7. The summed E-state index contributed by atoms with van der Waals surface area (Å²) in [7, 11) is 1.51. The number of nitrogens with one attached hydrogen (secondary N) is 2. The Balaban J connectivity index is 1.50. The standard InChI is InChI=1S/C31H33F3N4O3/c1-41-18-17-38(30(40)36-19-23-7-3-2-4-8-23)22-29(39)37(21-24-11-13-26(14-12-24)31(32,33)34)16-15-25-20-35-28-10-6-5-9-27(25)28/h2-14,20,35H,15-19,21-22H2,1H3,(H,36,40). The topological polar surface area (TPSA) is 77.7 Å². The van der Waals surface area contributed by atoms with Crippen molar-refractivity contribution in [2.75, 3.05) is 33.4 Å². The predicted molar refractivity (Wildman–Crippen MR) is 151 cm³/mol. The molecular weight excluding hydrogens is 533 g/mol. The number of nitrogens with zero attached hydrogens (tertiary/aromatic N) is 2. The summed E-state index contributed by atoms with van der Waals surface area (Å²) in [6.45, 7) is 0.930. The number of H-pyrrole nitrogens is 1. The van der Waals surface area contributed by atoms with Gasteiger partial charge in [-0.25, -0.2) is 4.79 Å². The van der Waals surface area contributed by atoms with Crippen molar-refractivity contribution in [1.29, 1.82) is 0 Å². The number of benzene rings is 3. The smallest absolute Gasteiger partial charge is 0.383 e. The lowest BCUT2D eigenvalue weighted by atomic mass is 10.1. The number of para-hydroxylation sites is 1. The van der Waals surface area contributed by atoms with Gasteiger partial charge in [0, 0.05) is 50.4 Å². The molecule has 0 atom stereocenters. The number of carbonyl (C=O) groups excluding carboxylic acids is 2. The maximum absolute atomic E-state index is 13.6. The summed E-state index contributed by atoms with van der Waals surface area (Å²) in [5.74, 6) is -0.323. The Hall–Kier alpha value is -4.31. The van der Waals surface area contributed by atoms with Crippen molar-refractivity contribution in [3.05, 3.63) is 107 Å².